The van der Waals surface area contributed by atoms with Crippen molar-refractivity contribution in [1.29, 1.82) is 0 Å². The average Bonchev–Trinajstić information content (AvgIpc) is 2.35. The lowest BCUT2D eigenvalue weighted by Crippen LogP contribution is -2.01. The lowest BCUT2D eigenvalue weighted by molar-refractivity contribution is -0.111. The number of hydrogen-bond acceptors (Lipinski definition) is 4. The van der Waals surface area contributed by atoms with E-state index in [1.54, 1.807) is 0 Å². The zero-order valence-corrected chi connectivity index (χ0v) is 11.9. The van der Waals surface area contributed by atoms with Crippen LogP contribution in [0.1, 0.15) is 19.3 Å². The van der Waals surface area contributed by atoms with E-state index in [2.05, 4.69) is 0 Å². The zero-order valence-electron chi connectivity index (χ0n) is 10.4. The normalized spacial score (nSPS) is 10.4. The molecule has 0 aliphatic rings. The molecule has 0 radical (unpaired) electrons. The van der Waals surface area contributed by atoms with Gasteiger partial charge in [-0.05, 0) is 19.3 Å². The summed E-state index contributed by atoms with van der Waals surface area (Å²) >= 11 is 11.8. The van der Waals surface area contributed by atoms with Crippen molar-refractivity contribution < 1.29 is 19.4 Å². The molecule has 0 saturated carbocycles. The maximum absolute atomic E-state index is 10.00. The fraction of sp³-hybridized carbons (Fsp3) is 0.462. The highest BCUT2D eigenvalue weighted by Crippen LogP contribution is 2.36. The topological polar surface area (TPSA) is 55.8 Å². The summed E-state index contributed by atoms with van der Waals surface area (Å²) in [6.45, 7) is 1.20. The van der Waals surface area contributed by atoms with Gasteiger partial charge in [-0.3, -0.25) is 0 Å². The number of benzene rings is 1. The number of phenols is 1. The minimum Gasteiger partial charge on any atom is -0.508 e. The van der Waals surface area contributed by atoms with E-state index < -0.39 is 0 Å². The second-order valence-electron chi connectivity index (χ2n) is 3.89. The molecule has 4 nitrogen and oxygen atoms in total. The highest BCUT2D eigenvalue weighted by atomic mass is 35.5. The van der Waals surface area contributed by atoms with Crippen molar-refractivity contribution >= 4 is 29.5 Å². The van der Waals surface area contributed by atoms with E-state index >= 15 is 0 Å². The van der Waals surface area contributed by atoms with Gasteiger partial charge in [0.25, 0.3) is 0 Å². The number of ether oxygens (including phenoxy) is 2. The molecule has 0 heterocycles. The Morgan fingerprint density at radius 1 is 1.11 bits per heavy atom. The van der Waals surface area contributed by atoms with Gasteiger partial charge in [0, 0.05) is 18.7 Å². The molecule has 0 atom stereocenters. The smallest absolute Gasteiger partial charge is 0.156 e. The summed E-state index contributed by atoms with van der Waals surface area (Å²) in [6, 6.07) is 2.77. The van der Waals surface area contributed by atoms with Gasteiger partial charge in [-0.1, -0.05) is 23.2 Å². The molecule has 0 aliphatic carbocycles. The molecule has 1 rings (SSSR count). The maximum atomic E-state index is 10.00. The highest BCUT2D eigenvalue weighted by molar-refractivity contribution is 6.37. The van der Waals surface area contributed by atoms with Crippen molar-refractivity contribution in [3.05, 3.63) is 22.2 Å². The molecular weight excluding hydrogens is 291 g/mol. The van der Waals surface area contributed by atoms with Crippen LogP contribution in [-0.4, -0.2) is 31.2 Å². The van der Waals surface area contributed by atoms with Crippen molar-refractivity contribution in [2.45, 2.75) is 19.3 Å². The van der Waals surface area contributed by atoms with Gasteiger partial charge in [-0.25, -0.2) is 0 Å². The first-order chi connectivity index (χ1) is 9.15. The van der Waals surface area contributed by atoms with E-state index in [9.17, 15) is 9.90 Å². The van der Waals surface area contributed by atoms with Crippen LogP contribution in [0.2, 0.25) is 10.0 Å². The van der Waals surface area contributed by atoms with Gasteiger partial charge in [0.15, 0.2) is 5.75 Å². The number of halogens is 2. The molecule has 0 amide bonds. The molecule has 1 N–H and O–H groups in total. The number of unbranched alkanes of at least 4 members (excludes halogenated alkanes) is 2. The average molecular weight is 307 g/mol. The van der Waals surface area contributed by atoms with E-state index in [1.165, 1.54) is 12.1 Å². The van der Waals surface area contributed by atoms with Gasteiger partial charge in [0.2, 0.25) is 0 Å². The summed E-state index contributed by atoms with van der Waals surface area (Å²) < 4.78 is 10.5. The van der Waals surface area contributed by atoms with Crippen molar-refractivity contribution in [2.24, 2.45) is 0 Å². The van der Waals surface area contributed by atoms with Crippen LogP contribution in [0.4, 0.5) is 0 Å². The SMILES string of the molecule is O=CCOCCCCCOc1c(Cl)cc(O)cc1Cl. The van der Waals surface area contributed by atoms with Gasteiger partial charge in [0.05, 0.1) is 16.7 Å². The summed E-state index contributed by atoms with van der Waals surface area (Å²) in [5, 5.41) is 9.85. The first kappa shape index (κ1) is 16.1. The highest BCUT2D eigenvalue weighted by Gasteiger charge is 2.09. The van der Waals surface area contributed by atoms with E-state index in [-0.39, 0.29) is 12.4 Å². The molecule has 1 aromatic carbocycles. The Morgan fingerprint density at radius 3 is 2.37 bits per heavy atom. The van der Waals surface area contributed by atoms with Crippen LogP contribution in [0.25, 0.3) is 0 Å². The number of aromatic hydroxyl groups is 1. The van der Waals surface area contributed by atoms with Crippen LogP contribution in [0, 0.1) is 0 Å². The first-order valence-corrected chi connectivity index (χ1v) is 6.73. The zero-order chi connectivity index (χ0) is 14.1. The molecule has 106 valence electrons. The maximum Gasteiger partial charge on any atom is 0.156 e. The molecule has 19 heavy (non-hydrogen) atoms. The quantitative estimate of drug-likeness (QED) is 0.561. The predicted molar refractivity (Wildman–Crippen MR) is 74.4 cm³/mol. The van der Waals surface area contributed by atoms with Crippen LogP contribution >= 0.6 is 23.2 Å². The Kier molecular flexibility index (Phi) is 7.63. The number of phenolic OH excluding ortho intramolecular Hbond substituents is 1. The lowest BCUT2D eigenvalue weighted by Gasteiger charge is -2.10. The molecule has 0 aromatic heterocycles. The van der Waals surface area contributed by atoms with Crippen molar-refractivity contribution in [2.75, 3.05) is 19.8 Å². The van der Waals surface area contributed by atoms with Crippen LogP contribution in [0.3, 0.4) is 0 Å². The fourth-order valence-corrected chi connectivity index (χ4v) is 2.06. The molecule has 0 spiro atoms. The standard InChI is InChI=1S/C13H16Cl2O4/c14-11-8-10(17)9-12(15)13(11)19-6-3-1-2-5-18-7-4-16/h4,8-9,17H,1-3,5-7H2. The van der Waals surface area contributed by atoms with Crippen LogP contribution < -0.4 is 4.74 Å². The van der Waals surface area contributed by atoms with Crippen molar-refractivity contribution in [3.63, 3.8) is 0 Å². The summed E-state index contributed by atoms with van der Waals surface area (Å²) in [7, 11) is 0. The van der Waals surface area contributed by atoms with E-state index in [1.807, 2.05) is 0 Å². The van der Waals surface area contributed by atoms with Crippen molar-refractivity contribution in [3.8, 4) is 11.5 Å². The van der Waals surface area contributed by atoms with Crippen LogP contribution in [0.15, 0.2) is 12.1 Å². The summed E-state index contributed by atoms with van der Waals surface area (Å²) in [4.78, 5) is 10.00. The number of carbonyl (C=O) groups excluding carboxylic acids is 1. The molecule has 0 fully saturated rings. The number of aldehydes is 1. The van der Waals surface area contributed by atoms with Gasteiger partial charge in [0.1, 0.15) is 18.6 Å². The monoisotopic (exact) mass is 306 g/mol. The largest absolute Gasteiger partial charge is 0.508 e. The van der Waals surface area contributed by atoms with Crippen LogP contribution in [0.5, 0.6) is 11.5 Å². The van der Waals surface area contributed by atoms with Crippen LogP contribution in [-0.2, 0) is 9.53 Å². The van der Waals surface area contributed by atoms with E-state index in [0.717, 1.165) is 25.5 Å². The molecule has 0 unspecified atom stereocenters. The third-order valence-electron chi connectivity index (χ3n) is 2.35. The number of hydrogen-bond donors (Lipinski definition) is 1. The molecule has 1 aromatic rings. The minimum atomic E-state index is 0.00896. The second kappa shape index (κ2) is 9.02. The Morgan fingerprint density at radius 2 is 1.74 bits per heavy atom. The Balaban J connectivity index is 2.21. The Bertz CT molecular complexity index is 387. The van der Waals surface area contributed by atoms with Crippen molar-refractivity contribution in [1.82, 2.24) is 0 Å². The van der Waals surface area contributed by atoms with Gasteiger partial charge >= 0.3 is 0 Å². The molecule has 6 heteroatoms. The molecule has 0 saturated heterocycles. The minimum absolute atomic E-state index is 0.00896. The Hall–Kier alpha value is -0.970. The third kappa shape index (κ3) is 6.14. The number of carbonyl (C=O) groups is 1. The summed E-state index contributed by atoms with van der Waals surface area (Å²) in [5.41, 5.74) is 0. The summed E-state index contributed by atoms with van der Waals surface area (Å²) in [6.07, 6.45) is 3.36. The second-order valence-corrected chi connectivity index (χ2v) is 4.70. The number of rotatable bonds is 9. The summed E-state index contributed by atoms with van der Waals surface area (Å²) in [5.74, 6) is 0.396. The van der Waals surface area contributed by atoms with E-state index in [0.29, 0.717) is 29.0 Å². The van der Waals surface area contributed by atoms with Gasteiger partial charge in [-0.2, -0.15) is 0 Å². The molecular formula is C13H16Cl2O4. The fourth-order valence-electron chi connectivity index (χ4n) is 1.47. The Labute approximate surface area is 122 Å². The molecule has 0 aliphatic heterocycles. The predicted octanol–water partition coefficient (Wildman–Crippen LogP) is 3.46. The lowest BCUT2D eigenvalue weighted by atomic mass is 10.2. The molecule has 0 bridgehead atoms. The first-order valence-electron chi connectivity index (χ1n) is 5.97. The van der Waals surface area contributed by atoms with Gasteiger partial charge in [-0.15, -0.1) is 0 Å². The third-order valence-corrected chi connectivity index (χ3v) is 2.91. The van der Waals surface area contributed by atoms with E-state index in [4.69, 9.17) is 32.7 Å². The van der Waals surface area contributed by atoms with Gasteiger partial charge < -0.3 is 19.4 Å².